The van der Waals surface area contributed by atoms with Gasteiger partial charge in [0.1, 0.15) is 18.7 Å². The van der Waals surface area contributed by atoms with Crippen molar-refractivity contribution >= 4 is 16.6 Å². The lowest BCUT2D eigenvalue weighted by Gasteiger charge is -2.09. The summed E-state index contributed by atoms with van der Waals surface area (Å²) in [5, 5.41) is 4.47. The topological polar surface area (TPSA) is 47.0 Å². The molecule has 0 amide bonds. The summed E-state index contributed by atoms with van der Waals surface area (Å²) in [5.74, 6) is 0.875. The molecule has 0 aliphatic heterocycles. The van der Waals surface area contributed by atoms with E-state index < -0.39 is 0 Å². The zero-order chi connectivity index (χ0) is 17.6. The minimum atomic E-state index is 0.581. The van der Waals surface area contributed by atoms with E-state index in [9.17, 15) is 0 Å². The molecule has 128 valence electrons. The molecule has 1 N–H and O–H groups in total. The third-order valence-corrected chi connectivity index (χ3v) is 4.18. The van der Waals surface area contributed by atoms with Gasteiger partial charge in [0, 0.05) is 23.8 Å². The molecule has 0 bridgehead atoms. The van der Waals surface area contributed by atoms with Crippen LogP contribution in [-0.4, -0.2) is 9.97 Å². The van der Waals surface area contributed by atoms with E-state index in [0.717, 1.165) is 28.9 Å². The van der Waals surface area contributed by atoms with Crippen molar-refractivity contribution in [3.63, 3.8) is 0 Å². The number of aromatic nitrogens is 2. The second-order valence-electron chi connectivity index (χ2n) is 6.07. The number of fused-ring (bicyclic) bond motifs is 1. The summed E-state index contributed by atoms with van der Waals surface area (Å²) in [5.41, 5.74) is 4.34. The Morgan fingerprint density at radius 1 is 0.846 bits per heavy atom. The van der Waals surface area contributed by atoms with Gasteiger partial charge in [0.2, 0.25) is 0 Å². The molecule has 1 aromatic heterocycles. The summed E-state index contributed by atoms with van der Waals surface area (Å²) in [7, 11) is 0. The molecule has 0 aliphatic rings. The summed E-state index contributed by atoms with van der Waals surface area (Å²) < 4.78 is 5.82. The Bertz CT molecular complexity index is 985. The lowest BCUT2D eigenvalue weighted by atomic mass is 10.2. The number of nitrogens with one attached hydrogen (secondary N) is 1. The SMILES string of the molecule is c1ccc(COc2ccc(CNc3ccc4cncnc4c3)cc2)cc1. The molecule has 4 heteroatoms. The van der Waals surface area contributed by atoms with Crippen molar-refractivity contribution in [3.8, 4) is 5.75 Å². The molecule has 0 spiro atoms. The van der Waals surface area contributed by atoms with Gasteiger partial charge in [-0.05, 0) is 41.5 Å². The lowest BCUT2D eigenvalue weighted by molar-refractivity contribution is 0.306. The number of ether oxygens (including phenoxy) is 1. The minimum absolute atomic E-state index is 0.581. The molecule has 0 fully saturated rings. The smallest absolute Gasteiger partial charge is 0.119 e. The predicted molar refractivity (Wildman–Crippen MR) is 104 cm³/mol. The summed E-state index contributed by atoms with van der Waals surface area (Å²) in [6.45, 7) is 1.33. The van der Waals surface area contributed by atoms with Crippen LogP contribution in [0.4, 0.5) is 5.69 Å². The van der Waals surface area contributed by atoms with Crippen molar-refractivity contribution in [1.82, 2.24) is 9.97 Å². The second kappa shape index (κ2) is 7.66. The lowest BCUT2D eigenvalue weighted by Crippen LogP contribution is -2.00. The fraction of sp³-hybridized carbons (Fsp3) is 0.0909. The molecule has 0 saturated heterocycles. The first-order valence-corrected chi connectivity index (χ1v) is 8.56. The first-order valence-electron chi connectivity index (χ1n) is 8.56. The van der Waals surface area contributed by atoms with Crippen molar-refractivity contribution in [3.05, 3.63) is 96.4 Å². The fourth-order valence-electron chi connectivity index (χ4n) is 2.73. The average molecular weight is 341 g/mol. The van der Waals surface area contributed by atoms with Gasteiger partial charge in [0.15, 0.2) is 0 Å². The molecule has 3 aromatic carbocycles. The maximum atomic E-state index is 5.82. The first kappa shape index (κ1) is 16.1. The highest BCUT2D eigenvalue weighted by atomic mass is 16.5. The third-order valence-electron chi connectivity index (χ3n) is 4.18. The Labute approximate surface area is 152 Å². The highest BCUT2D eigenvalue weighted by Crippen LogP contribution is 2.18. The van der Waals surface area contributed by atoms with Gasteiger partial charge in [-0.3, -0.25) is 0 Å². The zero-order valence-electron chi connectivity index (χ0n) is 14.3. The van der Waals surface area contributed by atoms with Crippen molar-refractivity contribution in [1.29, 1.82) is 0 Å². The van der Waals surface area contributed by atoms with Gasteiger partial charge in [-0.15, -0.1) is 0 Å². The maximum Gasteiger partial charge on any atom is 0.119 e. The van der Waals surface area contributed by atoms with Crippen molar-refractivity contribution in [2.24, 2.45) is 0 Å². The normalized spacial score (nSPS) is 10.6. The summed E-state index contributed by atoms with van der Waals surface area (Å²) in [6.07, 6.45) is 3.39. The number of anilines is 1. The summed E-state index contributed by atoms with van der Waals surface area (Å²) >= 11 is 0. The molecule has 4 rings (SSSR count). The van der Waals surface area contributed by atoms with Crippen LogP contribution in [0.2, 0.25) is 0 Å². The average Bonchev–Trinajstić information content (AvgIpc) is 2.72. The van der Waals surface area contributed by atoms with Gasteiger partial charge < -0.3 is 10.1 Å². The first-order chi connectivity index (χ1) is 12.9. The van der Waals surface area contributed by atoms with E-state index in [1.165, 1.54) is 11.1 Å². The van der Waals surface area contributed by atoms with Crippen LogP contribution in [0.1, 0.15) is 11.1 Å². The van der Waals surface area contributed by atoms with Gasteiger partial charge in [0.25, 0.3) is 0 Å². The Morgan fingerprint density at radius 2 is 1.69 bits per heavy atom. The Balaban J connectivity index is 1.34. The molecular weight excluding hydrogens is 322 g/mol. The number of hydrogen-bond acceptors (Lipinski definition) is 4. The zero-order valence-corrected chi connectivity index (χ0v) is 14.3. The minimum Gasteiger partial charge on any atom is -0.489 e. The number of nitrogens with zero attached hydrogens (tertiary/aromatic N) is 2. The van der Waals surface area contributed by atoms with Gasteiger partial charge in [-0.25, -0.2) is 9.97 Å². The van der Waals surface area contributed by atoms with E-state index in [2.05, 4.69) is 39.6 Å². The molecule has 4 nitrogen and oxygen atoms in total. The molecule has 1 heterocycles. The van der Waals surface area contributed by atoms with Crippen LogP contribution < -0.4 is 10.1 Å². The largest absolute Gasteiger partial charge is 0.489 e. The van der Waals surface area contributed by atoms with Crippen LogP contribution in [0, 0.1) is 0 Å². The van der Waals surface area contributed by atoms with Crippen LogP contribution in [-0.2, 0) is 13.2 Å². The molecule has 0 radical (unpaired) electrons. The highest BCUT2D eigenvalue weighted by Gasteiger charge is 2.00. The molecule has 26 heavy (non-hydrogen) atoms. The van der Waals surface area contributed by atoms with Crippen LogP contribution >= 0.6 is 0 Å². The van der Waals surface area contributed by atoms with E-state index in [1.54, 1.807) is 6.33 Å². The van der Waals surface area contributed by atoms with Gasteiger partial charge >= 0.3 is 0 Å². The van der Waals surface area contributed by atoms with E-state index in [1.807, 2.05) is 54.7 Å². The molecule has 0 unspecified atom stereocenters. The van der Waals surface area contributed by atoms with E-state index in [0.29, 0.717) is 6.61 Å². The van der Waals surface area contributed by atoms with Gasteiger partial charge in [0.05, 0.1) is 5.52 Å². The van der Waals surface area contributed by atoms with E-state index >= 15 is 0 Å². The third kappa shape index (κ3) is 3.98. The van der Waals surface area contributed by atoms with Crippen molar-refractivity contribution < 1.29 is 4.74 Å². The van der Waals surface area contributed by atoms with Gasteiger partial charge in [-0.2, -0.15) is 0 Å². The number of rotatable bonds is 6. The summed E-state index contributed by atoms with van der Waals surface area (Å²) in [6, 6.07) is 24.5. The second-order valence-corrected chi connectivity index (χ2v) is 6.07. The maximum absolute atomic E-state index is 5.82. The number of hydrogen-bond donors (Lipinski definition) is 1. The standard InChI is InChI=1S/C22H19N3O/c1-2-4-18(5-3-1)15-26-21-10-6-17(7-11-21)13-24-20-9-8-19-14-23-16-25-22(19)12-20/h1-12,14,16,24H,13,15H2. The molecule has 0 saturated carbocycles. The molecular formula is C22H19N3O. The Kier molecular flexibility index (Phi) is 4.74. The van der Waals surface area contributed by atoms with Crippen molar-refractivity contribution in [2.45, 2.75) is 13.2 Å². The number of benzene rings is 3. The Morgan fingerprint density at radius 3 is 2.54 bits per heavy atom. The van der Waals surface area contributed by atoms with Crippen LogP contribution in [0.25, 0.3) is 10.9 Å². The molecule has 4 aromatic rings. The Hall–Kier alpha value is -3.40. The molecule has 0 aliphatic carbocycles. The molecule has 0 atom stereocenters. The van der Waals surface area contributed by atoms with Gasteiger partial charge in [-0.1, -0.05) is 42.5 Å². The highest BCUT2D eigenvalue weighted by molar-refractivity contribution is 5.81. The predicted octanol–water partition coefficient (Wildman–Crippen LogP) is 4.82. The van der Waals surface area contributed by atoms with E-state index in [-0.39, 0.29) is 0 Å². The summed E-state index contributed by atoms with van der Waals surface area (Å²) in [4.78, 5) is 8.32. The monoisotopic (exact) mass is 341 g/mol. The quantitative estimate of drug-likeness (QED) is 0.546. The fourth-order valence-corrected chi connectivity index (χ4v) is 2.73. The van der Waals surface area contributed by atoms with Crippen LogP contribution in [0.5, 0.6) is 5.75 Å². The van der Waals surface area contributed by atoms with Crippen LogP contribution in [0.3, 0.4) is 0 Å². The van der Waals surface area contributed by atoms with E-state index in [4.69, 9.17) is 4.74 Å². The van der Waals surface area contributed by atoms with Crippen LogP contribution in [0.15, 0.2) is 85.3 Å². The van der Waals surface area contributed by atoms with Crippen molar-refractivity contribution in [2.75, 3.05) is 5.32 Å².